The largest absolute Gasteiger partial charge is 0.493 e. The lowest BCUT2D eigenvalue weighted by Gasteiger charge is -2.12. The van der Waals surface area contributed by atoms with E-state index in [1.54, 1.807) is 0 Å². The van der Waals surface area contributed by atoms with Crippen molar-refractivity contribution in [1.29, 1.82) is 0 Å². The van der Waals surface area contributed by atoms with Gasteiger partial charge in [-0.2, -0.15) is 8.42 Å². The minimum absolute atomic E-state index is 0.0158. The molecule has 0 amide bonds. The lowest BCUT2D eigenvalue weighted by atomic mass is 10.2. The molecule has 150 valence electrons. The molecule has 1 rings (SSSR count). The summed E-state index contributed by atoms with van der Waals surface area (Å²) in [5, 5.41) is 0. The molecule has 6 heteroatoms. The molecule has 0 bridgehead atoms. The Hall–Kier alpha value is -1.27. The molecule has 0 unspecified atom stereocenters. The Balaban J connectivity index is 2.65. The van der Waals surface area contributed by atoms with E-state index in [4.69, 9.17) is 13.7 Å². The second-order valence-electron chi connectivity index (χ2n) is 6.60. The lowest BCUT2D eigenvalue weighted by Crippen LogP contribution is -2.05. The quantitative estimate of drug-likeness (QED) is 0.311. The monoisotopic (exact) mass is 386 g/mol. The molecule has 0 saturated heterocycles. The summed E-state index contributed by atoms with van der Waals surface area (Å²) in [5.41, 5.74) is 0.727. The van der Waals surface area contributed by atoms with Gasteiger partial charge in [0.25, 0.3) is 10.1 Å². The molecule has 0 aromatic heterocycles. The summed E-state index contributed by atoms with van der Waals surface area (Å²) in [6, 6.07) is 5.49. The third-order valence-corrected chi connectivity index (χ3v) is 4.46. The third-order valence-electron chi connectivity index (χ3n) is 3.91. The van der Waals surface area contributed by atoms with Crippen molar-refractivity contribution in [2.75, 3.05) is 19.5 Å². The minimum Gasteiger partial charge on any atom is -0.493 e. The number of unbranched alkanes of at least 4 members (excludes halogenated alkanes) is 6. The van der Waals surface area contributed by atoms with Gasteiger partial charge in [-0.25, -0.2) is 0 Å². The fraction of sp³-hybridized carbons (Fsp3) is 0.700. The van der Waals surface area contributed by atoms with E-state index in [2.05, 4.69) is 13.8 Å². The van der Waals surface area contributed by atoms with Crippen molar-refractivity contribution >= 4 is 10.1 Å². The lowest BCUT2D eigenvalue weighted by molar-refractivity contribution is 0.284. The van der Waals surface area contributed by atoms with Gasteiger partial charge in [-0.3, -0.25) is 4.18 Å². The SMILES string of the molecule is CCCCCCOc1cc(COS(C)(=O)=O)cc(OCCCCCC)c1. The van der Waals surface area contributed by atoms with Crippen LogP contribution >= 0.6 is 0 Å². The van der Waals surface area contributed by atoms with Crippen molar-refractivity contribution in [3.05, 3.63) is 23.8 Å². The standard InChI is InChI=1S/C20H34O5S/c1-4-6-8-10-12-23-19-14-18(17-25-26(3,21)22)15-20(16-19)24-13-11-9-7-5-2/h14-16H,4-13,17H2,1-3H3. The number of ether oxygens (including phenoxy) is 2. The van der Waals surface area contributed by atoms with Crippen molar-refractivity contribution in [2.45, 2.75) is 71.8 Å². The van der Waals surface area contributed by atoms with Crippen molar-refractivity contribution in [3.63, 3.8) is 0 Å². The predicted octanol–water partition coefficient (Wildman–Crippen LogP) is 5.08. The second kappa shape index (κ2) is 13.0. The Morgan fingerprint density at radius 1 is 0.769 bits per heavy atom. The number of hydrogen-bond acceptors (Lipinski definition) is 5. The van der Waals surface area contributed by atoms with E-state index in [9.17, 15) is 8.42 Å². The van der Waals surface area contributed by atoms with Crippen LogP contribution in [0, 0.1) is 0 Å². The Kier molecular flexibility index (Phi) is 11.4. The first-order chi connectivity index (χ1) is 12.4. The molecule has 1 aromatic carbocycles. The van der Waals surface area contributed by atoms with Gasteiger partial charge in [0, 0.05) is 6.07 Å². The number of rotatable bonds is 15. The summed E-state index contributed by atoms with van der Waals surface area (Å²) in [7, 11) is -3.48. The summed E-state index contributed by atoms with van der Waals surface area (Å²) >= 11 is 0. The molecular weight excluding hydrogens is 352 g/mol. The van der Waals surface area contributed by atoms with E-state index < -0.39 is 10.1 Å². The van der Waals surface area contributed by atoms with Crippen molar-refractivity contribution < 1.29 is 22.1 Å². The molecule has 0 aliphatic rings. The maximum Gasteiger partial charge on any atom is 0.264 e. The van der Waals surface area contributed by atoms with E-state index in [0.717, 1.165) is 37.5 Å². The first-order valence-electron chi connectivity index (χ1n) is 9.68. The minimum atomic E-state index is -3.48. The predicted molar refractivity (Wildman–Crippen MR) is 105 cm³/mol. The van der Waals surface area contributed by atoms with Gasteiger partial charge in [0.15, 0.2) is 0 Å². The van der Waals surface area contributed by atoms with Crippen molar-refractivity contribution in [1.82, 2.24) is 0 Å². The number of hydrogen-bond donors (Lipinski definition) is 0. The zero-order valence-corrected chi connectivity index (χ0v) is 17.3. The van der Waals surface area contributed by atoms with Gasteiger partial charge in [-0.15, -0.1) is 0 Å². The summed E-state index contributed by atoms with van der Waals surface area (Å²) in [5.74, 6) is 1.39. The second-order valence-corrected chi connectivity index (χ2v) is 8.24. The Morgan fingerprint density at radius 2 is 1.27 bits per heavy atom. The highest BCUT2D eigenvalue weighted by Gasteiger charge is 2.08. The molecule has 0 radical (unpaired) electrons. The fourth-order valence-electron chi connectivity index (χ4n) is 2.49. The molecule has 0 atom stereocenters. The van der Waals surface area contributed by atoms with E-state index in [0.29, 0.717) is 24.7 Å². The van der Waals surface area contributed by atoms with Gasteiger partial charge >= 0.3 is 0 Å². The molecule has 0 aliphatic carbocycles. The van der Waals surface area contributed by atoms with E-state index in [1.165, 1.54) is 25.7 Å². The Morgan fingerprint density at radius 3 is 1.69 bits per heavy atom. The van der Waals surface area contributed by atoms with Crippen LogP contribution in [0.5, 0.6) is 11.5 Å². The van der Waals surface area contributed by atoms with Crippen LogP contribution in [0.4, 0.5) is 0 Å². The maximum absolute atomic E-state index is 11.2. The summed E-state index contributed by atoms with van der Waals surface area (Å²) < 4.78 is 39.0. The molecule has 1 aromatic rings. The fourth-order valence-corrected chi connectivity index (χ4v) is 2.84. The summed E-state index contributed by atoms with van der Waals surface area (Å²) in [6.45, 7) is 5.63. The highest BCUT2D eigenvalue weighted by molar-refractivity contribution is 7.85. The molecule has 0 heterocycles. The van der Waals surface area contributed by atoms with Crippen LogP contribution in [-0.4, -0.2) is 27.9 Å². The highest BCUT2D eigenvalue weighted by Crippen LogP contribution is 2.24. The van der Waals surface area contributed by atoms with Crippen LogP contribution < -0.4 is 9.47 Å². The van der Waals surface area contributed by atoms with Crippen LogP contribution in [0.15, 0.2) is 18.2 Å². The first-order valence-corrected chi connectivity index (χ1v) is 11.5. The number of benzene rings is 1. The van der Waals surface area contributed by atoms with Crippen LogP contribution in [-0.2, 0) is 20.9 Å². The average Bonchev–Trinajstić information content (AvgIpc) is 2.59. The van der Waals surface area contributed by atoms with E-state index in [-0.39, 0.29) is 6.61 Å². The normalized spacial score (nSPS) is 11.5. The van der Waals surface area contributed by atoms with Crippen LogP contribution in [0.3, 0.4) is 0 Å². The van der Waals surface area contributed by atoms with Gasteiger partial charge in [-0.05, 0) is 30.5 Å². The van der Waals surface area contributed by atoms with Gasteiger partial charge in [0.2, 0.25) is 0 Å². The zero-order chi connectivity index (χ0) is 19.3. The molecule has 0 spiro atoms. The molecule has 0 fully saturated rings. The van der Waals surface area contributed by atoms with Crippen LogP contribution in [0.2, 0.25) is 0 Å². The molecule has 5 nitrogen and oxygen atoms in total. The Labute approximate surface area is 159 Å². The summed E-state index contributed by atoms with van der Waals surface area (Å²) in [6.07, 6.45) is 10.1. The van der Waals surface area contributed by atoms with E-state index >= 15 is 0 Å². The van der Waals surface area contributed by atoms with E-state index in [1.807, 2.05) is 18.2 Å². The van der Waals surface area contributed by atoms with Gasteiger partial charge in [0.05, 0.1) is 26.1 Å². The first kappa shape index (κ1) is 22.8. The van der Waals surface area contributed by atoms with Crippen LogP contribution in [0.25, 0.3) is 0 Å². The molecule has 0 N–H and O–H groups in total. The zero-order valence-electron chi connectivity index (χ0n) is 16.5. The van der Waals surface area contributed by atoms with Gasteiger partial charge in [0.1, 0.15) is 11.5 Å². The van der Waals surface area contributed by atoms with Crippen molar-refractivity contribution in [2.24, 2.45) is 0 Å². The molecule has 0 aliphatic heterocycles. The highest BCUT2D eigenvalue weighted by atomic mass is 32.2. The third kappa shape index (κ3) is 11.4. The molecular formula is C20H34O5S. The van der Waals surface area contributed by atoms with Gasteiger partial charge < -0.3 is 9.47 Å². The van der Waals surface area contributed by atoms with Crippen molar-refractivity contribution in [3.8, 4) is 11.5 Å². The average molecular weight is 387 g/mol. The smallest absolute Gasteiger partial charge is 0.264 e. The molecule has 26 heavy (non-hydrogen) atoms. The Bertz CT molecular complexity index is 566. The van der Waals surface area contributed by atoms with Crippen LogP contribution in [0.1, 0.15) is 70.8 Å². The maximum atomic E-state index is 11.2. The molecule has 0 saturated carbocycles. The summed E-state index contributed by atoms with van der Waals surface area (Å²) in [4.78, 5) is 0. The van der Waals surface area contributed by atoms with Gasteiger partial charge in [-0.1, -0.05) is 52.4 Å². The topological polar surface area (TPSA) is 61.8 Å².